The maximum absolute atomic E-state index is 11.7. The summed E-state index contributed by atoms with van der Waals surface area (Å²) in [6.45, 7) is 1.61. The number of nitrogens with zero attached hydrogens (tertiary/aromatic N) is 2. The molecule has 1 aliphatic heterocycles. The lowest BCUT2D eigenvalue weighted by atomic mass is 10.1. The van der Waals surface area contributed by atoms with Crippen LogP contribution in [0.4, 0.5) is 5.69 Å². The van der Waals surface area contributed by atoms with E-state index in [1.807, 2.05) is 24.3 Å². The zero-order valence-electron chi connectivity index (χ0n) is 13.5. The van der Waals surface area contributed by atoms with Gasteiger partial charge in [0.2, 0.25) is 5.91 Å². The van der Waals surface area contributed by atoms with E-state index in [1.54, 1.807) is 0 Å². The molecule has 0 bridgehead atoms. The second kappa shape index (κ2) is 9.67. The number of aromatic nitrogens is 2. The van der Waals surface area contributed by atoms with Crippen molar-refractivity contribution in [2.24, 2.45) is 5.73 Å². The summed E-state index contributed by atoms with van der Waals surface area (Å²) in [6, 6.07) is 7.86. The number of amides is 1. The highest BCUT2D eigenvalue weighted by atomic mass is 35.5. The van der Waals surface area contributed by atoms with Gasteiger partial charge >= 0.3 is 0 Å². The largest absolute Gasteiger partial charge is 0.334 e. The molecule has 1 aromatic heterocycles. The van der Waals surface area contributed by atoms with E-state index in [9.17, 15) is 4.79 Å². The summed E-state index contributed by atoms with van der Waals surface area (Å²) in [5, 5.41) is 2.88. The van der Waals surface area contributed by atoms with Gasteiger partial charge in [-0.1, -0.05) is 12.1 Å². The number of imidazole rings is 1. The zero-order chi connectivity index (χ0) is 15.4. The molecule has 0 aliphatic carbocycles. The molecule has 0 saturated heterocycles. The molecule has 1 amide bonds. The number of carbonyl (C=O) groups excluding carboxylic acids is 1. The van der Waals surface area contributed by atoms with E-state index < -0.39 is 0 Å². The van der Waals surface area contributed by atoms with E-state index in [-0.39, 0.29) is 30.7 Å². The third-order valence-corrected chi connectivity index (χ3v) is 3.98. The van der Waals surface area contributed by atoms with Crippen LogP contribution in [0.15, 0.2) is 30.5 Å². The Kier molecular flexibility index (Phi) is 8.25. The Labute approximate surface area is 154 Å². The molecular formula is C17H24Cl2N4O. The first kappa shape index (κ1) is 20.5. The van der Waals surface area contributed by atoms with Crippen LogP contribution in [0.1, 0.15) is 31.5 Å². The number of halogens is 2. The second-order valence-electron chi connectivity index (χ2n) is 5.71. The van der Waals surface area contributed by atoms with Crippen LogP contribution in [-0.2, 0) is 17.8 Å². The molecule has 0 spiro atoms. The molecule has 1 aromatic carbocycles. The lowest BCUT2D eigenvalue weighted by Crippen LogP contribution is -2.13. The normalized spacial score (nSPS) is 12.5. The van der Waals surface area contributed by atoms with Gasteiger partial charge in [0.1, 0.15) is 5.82 Å². The molecule has 132 valence electrons. The topological polar surface area (TPSA) is 72.9 Å². The number of benzene rings is 1. The molecule has 0 fully saturated rings. The van der Waals surface area contributed by atoms with Crippen molar-refractivity contribution in [3.05, 3.63) is 36.3 Å². The summed E-state index contributed by atoms with van der Waals surface area (Å²) in [6.07, 6.45) is 6.83. The average Bonchev–Trinajstić information content (AvgIpc) is 2.97. The van der Waals surface area contributed by atoms with Crippen LogP contribution < -0.4 is 11.1 Å². The van der Waals surface area contributed by atoms with Crippen molar-refractivity contribution in [2.45, 2.75) is 38.6 Å². The van der Waals surface area contributed by atoms with E-state index in [4.69, 9.17) is 10.7 Å². The van der Waals surface area contributed by atoms with Crippen LogP contribution in [0.3, 0.4) is 0 Å². The van der Waals surface area contributed by atoms with Crippen LogP contribution in [-0.4, -0.2) is 22.0 Å². The predicted octanol–water partition coefficient (Wildman–Crippen LogP) is 3.41. The Morgan fingerprint density at radius 3 is 2.62 bits per heavy atom. The summed E-state index contributed by atoms with van der Waals surface area (Å²) >= 11 is 0. The molecule has 5 nitrogen and oxygen atoms in total. The van der Waals surface area contributed by atoms with Gasteiger partial charge in [-0.3, -0.25) is 4.79 Å². The van der Waals surface area contributed by atoms with Gasteiger partial charge in [-0.25, -0.2) is 4.98 Å². The molecule has 0 atom stereocenters. The monoisotopic (exact) mass is 370 g/mol. The van der Waals surface area contributed by atoms with E-state index in [1.165, 1.54) is 18.7 Å². The molecule has 3 rings (SSSR count). The number of carbonyl (C=O) groups is 1. The van der Waals surface area contributed by atoms with Gasteiger partial charge in [0.25, 0.3) is 0 Å². The van der Waals surface area contributed by atoms with Crippen LogP contribution in [0.5, 0.6) is 0 Å². The van der Waals surface area contributed by atoms with E-state index >= 15 is 0 Å². The second-order valence-corrected chi connectivity index (χ2v) is 5.71. The Hall–Kier alpha value is -1.56. The van der Waals surface area contributed by atoms with Crippen molar-refractivity contribution >= 4 is 36.4 Å². The van der Waals surface area contributed by atoms with Crippen LogP contribution in [0, 0.1) is 0 Å². The fourth-order valence-corrected chi connectivity index (χ4v) is 2.76. The van der Waals surface area contributed by atoms with Crippen molar-refractivity contribution in [2.75, 3.05) is 11.9 Å². The maximum Gasteiger partial charge on any atom is 0.224 e. The molecule has 24 heavy (non-hydrogen) atoms. The number of fused-ring (bicyclic) bond motifs is 1. The van der Waals surface area contributed by atoms with Crippen LogP contribution in [0.25, 0.3) is 11.3 Å². The van der Waals surface area contributed by atoms with Crippen molar-refractivity contribution in [1.29, 1.82) is 0 Å². The number of rotatable bonds is 5. The van der Waals surface area contributed by atoms with Gasteiger partial charge in [0, 0.05) is 36.8 Å². The minimum atomic E-state index is 0. The molecule has 7 heteroatoms. The van der Waals surface area contributed by atoms with Gasteiger partial charge in [-0.05, 0) is 37.9 Å². The number of aryl methyl sites for hydroxylation is 2. The van der Waals surface area contributed by atoms with Gasteiger partial charge in [0.15, 0.2) is 0 Å². The lowest BCUT2D eigenvalue weighted by molar-refractivity contribution is -0.116. The summed E-state index contributed by atoms with van der Waals surface area (Å²) in [7, 11) is 0. The van der Waals surface area contributed by atoms with Crippen LogP contribution >= 0.6 is 24.8 Å². The van der Waals surface area contributed by atoms with Gasteiger partial charge < -0.3 is 15.6 Å². The highest BCUT2D eigenvalue weighted by molar-refractivity contribution is 5.90. The number of anilines is 1. The minimum Gasteiger partial charge on any atom is -0.334 e. The van der Waals surface area contributed by atoms with Gasteiger partial charge in [-0.15, -0.1) is 24.8 Å². The highest BCUT2D eigenvalue weighted by Gasteiger charge is 2.13. The van der Waals surface area contributed by atoms with Crippen LogP contribution in [0.2, 0.25) is 0 Å². The standard InChI is InChI=1S/C17H22N4O.2ClH/c18-10-3-5-17(22)19-14-8-6-13(7-9-14)15-12-21-11-2-1-4-16(21)20-15;;/h6-9,12H,1-5,10-11,18H2,(H,19,22);2*1H. The fourth-order valence-electron chi connectivity index (χ4n) is 2.76. The van der Waals surface area contributed by atoms with Crippen molar-refractivity contribution in [3.63, 3.8) is 0 Å². The average molecular weight is 371 g/mol. The number of nitrogens with two attached hydrogens (primary N) is 1. The Morgan fingerprint density at radius 1 is 1.21 bits per heavy atom. The molecular weight excluding hydrogens is 347 g/mol. The number of nitrogens with one attached hydrogen (secondary N) is 1. The fraction of sp³-hybridized carbons (Fsp3) is 0.412. The van der Waals surface area contributed by atoms with E-state index in [2.05, 4.69) is 16.1 Å². The molecule has 1 aliphatic rings. The molecule has 2 heterocycles. The Balaban J connectivity index is 0.00000144. The Morgan fingerprint density at radius 2 is 1.96 bits per heavy atom. The van der Waals surface area contributed by atoms with Crippen molar-refractivity contribution < 1.29 is 4.79 Å². The third-order valence-electron chi connectivity index (χ3n) is 3.98. The molecule has 0 radical (unpaired) electrons. The Bertz CT molecular complexity index is 632. The molecule has 3 N–H and O–H groups in total. The zero-order valence-corrected chi connectivity index (χ0v) is 15.2. The quantitative estimate of drug-likeness (QED) is 0.846. The highest BCUT2D eigenvalue weighted by Crippen LogP contribution is 2.24. The summed E-state index contributed by atoms with van der Waals surface area (Å²) in [5.74, 6) is 1.19. The minimum absolute atomic E-state index is 0. The first-order valence-corrected chi connectivity index (χ1v) is 7.92. The number of hydrogen-bond donors (Lipinski definition) is 2. The van der Waals surface area contributed by atoms with Gasteiger partial charge in [-0.2, -0.15) is 0 Å². The smallest absolute Gasteiger partial charge is 0.224 e. The first-order chi connectivity index (χ1) is 10.8. The third kappa shape index (κ3) is 4.97. The molecule has 2 aromatic rings. The summed E-state index contributed by atoms with van der Waals surface area (Å²) in [4.78, 5) is 16.4. The maximum atomic E-state index is 11.7. The van der Waals surface area contributed by atoms with E-state index in [0.717, 1.165) is 29.9 Å². The number of hydrogen-bond acceptors (Lipinski definition) is 3. The SMILES string of the molecule is Cl.Cl.NCCCC(=O)Nc1ccc(-c2cn3c(n2)CCCC3)cc1. The molecule has 0 unspecified atom stereocenters. The summed E-state index contributed by atoms with van der Waals surface area (Å²) in [5.41, 5.74) is 8.32. The van der Waals surface area contributed by atoms with Gasteiger partial charge in [0.05, 0.1) is 5.69 Å². The summed E-state index contributed by atoms with van der Waals surface area (Å²) < 4.78 is 2.25. The predicted molar refractivity (Wildman–Crippen MR) is 102 cm³/mol. The van der Waals surface area contributed by atoms with E-state index in [0.29, 0.717) is 19.4 Å². The van der Waals surface area contributed by atoms with Crippen molar-refractivity contribution in [3.8, 4) is 11.3 Å². The van der Waals surface area contributed by atoms with Crippen molar-refractivity contribution in [1.82, 2.24) is 9.55 Å². The first-order valence-electron chi connectivity index (χ1n) is 7.92. The molecule has 0 saturated carbocycles. The lowest BCUT2D eigenvalue weighted by Gasteiger charge is -2.11.